The van der Waals surface area contributed by atoms with Crippen LogP contribution in [0.1, 0.15) is 45.1 Å². The number of benzene rings is 1. The molecule has 0 bridgehead atoms. The molecule has 1 nitrogen and oxygen atoms in total. The smallest absolute Gasteiger partial charge is 0.0449 e. The maximum Gasteiger partial charge on any atom is 0.0449 e. The van der Waals surface area contributed by atoms with Crippen molar-refractivity contribution >= 4 is 27.5 Å². The number of hydrogen-bond donors (Lipinski definition) is 1. The maximum absolute atomic E-state index is 6.38. The molecule has 2 rings (SSSR count). The lowest BCUT2D eigenvalue weighted by Gasteiger charge is -2.41. The molecule has 1 aliphatic carbocycles. The van der Waals surface area contributed by atoms with Gasteiger partial charge in [0.25, 0.3) is 0 Å². The Kier molecular flexibility index (Phi) is 5.56. The molecule has 0 atom stereocenters. The zero-order valence-electron chi connectivity index (χ0n) is 12.5. The zero-order valence-corrected chi connectivity index (χ0v) is 14.8. The predicted octanol–water partition coefficient (Wildman–Crippen LogP) is 5.44. The fraction of sp³-hybridized carbons (Fsp3) is 0.647. The monoisotopic (exact) mass is 357 g/mol. The van der Waals surface area contributed by atoms with Crippen molar-refractivity contribution < 1.29 is 0 Å². The van der Waals surface area contributed by atoms with Crippen molar-refractivity contribution in [3.05, 3.63) is 33.3 Å². The molecular weight excluding hydrogens is 334 g/mol. The SMILES string of the molecule is CC(C)C1CCC(CN)(Cc2ccc(Br)cc2Cl)CC1. The van der Waals surface area contributed by atoms with E-state index in [-0.39, 0.29) is 5.41 Å². The van der Waals surface area contributed by atoms with Crippen molar-refractivity contribution in [3.8, 4) is 0 Å². The lowest BCUT2D eigenvalue weighted by Crippen LogP contribution is -2.37. The van der Waals surface area contributed by atoms with Crippen molar-refractivity contribution in [1.82, 2.24) is 0 Å². The lowest BCUT2D eigenvalue weighted by molar-refractivity contribution is 0.132. The van der Waals surface area contributed by atoms with Gasteiger partial charge in [0.15, 0.2) is 0 Å². The van der Waals surface area contributed by atoms with Crippen LogP contribution in [0.25, 0.3) is 0 Å². The first kappa shape index (κ1) is 16.3. The Morgan fingerprint density at radius 1 is 1.35 bits per heavy atom. The first-order chi connectivity index (χ1) is 9.46. The highest BCUT2D eigenvalue weighted by atomic mass is 79.9. The van der Waals surface area contributed by atoms with Crippen LogP contribution in [-0.4, -0.2) is 6.54 Å². The summed E-state index contributed by atoms with van der Waals surface area (Å²) in [6.07, 6.45) is 6.10. The largest absolute Gasteiger partial charge is 0.330 e. The summed E-state index contributed by atoms with van der Waals surface area (Å²) in [4.78, 5) is 0. The molecule has 2 N–H and O–H groups in total. The van der Waals surface area contributed by atoms with Crippen LogP contribution >= 0.6 is 27.5 Å². The van der Waals surface area contributed by atoms with Gasteiger partial charge in [0.1, 0.15) is 0 Å². The van der Waals surface area contributed by atoms with Crippen molar-refractivity contribution in [1.29, 1.82) is 0 Å². The van der Waals surface area contributed by atoms with Gasteiger partial charge in [-0.15, -0.1) is 0 Å². The van der Waals surface area contributed by atoms with Gasteiger partial charge in [-0.05, 0) is 73.6 Å². The molecule has 0 amide bonds. The third kappa shape index (κ3) is 3.78. The van der Waals surface area contributed by atoms with Crippen molar-refractivity contribution in [2.45, 2.75) is 46.0 Å². The highest BCUT2D eigenvalue weighted by molar-refractivity contribution is 9.10. The van der Waals surface area contributed by atoms with Crippen LogP contribution in [0.5, 0.6) is 0 Å². The van der Waals surface area contributed by atoms with E-state index in [1.807, 2.05) is 6.07 Å². The standard InChI is InChI=1S/C17H25BrClN/c1-12(2)13-5-7-17(11-20,8-6-13)10-14-3-4-15(18)9-16(14)19/h3-4,9,12-13H,5-8,10-11,20H2,1-2H3. The second-order valence-electron chi connectivity index (χ2n) is 6.70. The second-order valence-corrected chi connectivity index (χ2v) is 8.02. The van der Waals surface area contributed by atoms with E-state index in [1.54, 1.807) is 0 Å². The van der Waals surface area contributed by atoms with Crippen LogP contribution in [0.15, 0.2) is 22.7 Å². The number of rotatable bonds is 4. The summed E-state index contributed by atoms with van der Waals surface area (Å²) in [6, 6.07) is 6.20. The highest BCUT2D eigenvalue weighted by Gasteiger charge is 2.35. The van der Waals surface area contributed by atoms with Gasteiger partial charge >= 0.3 is 0 Å². The normalized spacial score (nSPS) is 27.0. The van der Waals surface area contributed by atoms with Crippen molar-refractivity contribution in [2.24, 2.45) is 23.0 Å². The fourth-order valence-electron chi connectivity index (χ4n) is 3.44. The number of nitrogens with two attached hydrogens (primary N) is 1. The van der Waals surface area contributed by atoms with Crippen LogP contribution in [-0.2, 0) is 6.42 Å². The summed E-state index contributed by atoms with van der Waals surface area (Å²) >= 11 is 9.84. The average Bonchev–Trinajstić information content (AvgIpc) is 2.42. The molecule has 1 aromatic rings. The summed E-state index contributed by atoms with van der Waals surface area (Å²) < 4.78 is 1.04. The summed E-state index contributed by atoms with van der Waals surface area (Å²) in [5.74, 6) is 1.66. The Labute approximate surface area is 136 Å². The van der Waals surface area contributed by atoms with Crippen LogP contribution in [0.3, 0.4) is 0 Å². The summed E-state index contributed by atoms with van der Waals surface area (Å²) in [7, 11) is 0. The molecule has 0 saturated heterocycles. The molecule has 1 aromatic carbocycles. The molecule has 0 heterocycles. The van der Waals surface area contributed by atoms with Crippen LogP contribution in [0.2, 0.25) is 5.02 Å². The topological polar surface area (TPSA) is 26.0 Å². The molecule has 112 valence electrons. The first-order valence-corrected chi connectivity index (χ1v) is 8.77. The first-order valence-electron chi connectivity index (χ1n) is 7.60. The Hall–Kier alpha value is -0.0500. The van der Waals surface area contributed by atoms with Crippen LogP contribution < -0.4 is 5.73 Å². The van der Waals surface area contributed by atoms with Gasteiger partial charge < -0.3 is 5.73 Å². The van der Waals surface area contributed by atoms with Gasteiger partial charge in [0, 0.05) is 9.50 Å². The summed E-state index contributed by atoms with van der Waals surface area (Å²) in [6.45, 7) is 5.45. The highest BCUT2D eigenvalue weighted by Crippen LogP contribution is 2.43. The quantitative estimate of drug-likeness (QED) is 0.762. The molecule has 0 unspecified atom stereocenters. The molecule has 3 heteroatoms. The van der Waals surface area contributed by atoms with E-state index >= 15 is 0 Å². The molecule has 1 aliphatic rings. The van der Waals surface area contributed by atoms with Crippen molar-refractivity contribution in [2.75, 3.05) is 6.54 Å². The minimum Gasteiger partial charge on any atom is -0.330 e. The summed E-state index contributed by atoms with van der Waals surface area (Å²) in [5, 5.41) is 0.859. The minimum atomic E-state index is 0.253. The minimum absolute atomic E-state index is 0.253. The molecule has 0 radical (unpaired) electrons. The molecule has 0 aromatic heterocycles. The maximum atomic E-state index is 6.38. The van der Waals surface area contributed by atoms with Gasteiger partial charge in [0.05, 0.1) is 0 Å². The van der Waals surface area contributed by atoms with Gasteiger partial charge in [-0.3, -0.25) is 0 Å². The predicted molar refractivity (Wildman–Crippen MR) is 91.1 cm³/mol. The van der Waals surface area contributed by atoms with Crippen LogP contribution in [0, 0.1) is 17.3 Å². The van der Waals surface area contributed by atoms with Crippen LogP contribution in [0.4, 0.5) is 0 Å². The average molecular weight is 359 g/mol. The van der Waals surface area contributed by atoms with E-state index in [0.717, 1.165) is 34.3 Å². The third-order valence-electron chi connectivity index (χ3n) is 5.05. The Balaban J connectivity index is 2.09. The lowest BCUT2D eigenvalue weighted by atomic mass is 9.65. The molecular formula is C17H25BrClN. The molecule has 1 saturated carbocycles. The molecule has 20 heavy (non-hydrogen) atoms. The van der Waals surface area contributed by atoms with E-state index in [9.17, 15) is 0 Å². The van der Waals surface area contributed by atoms with Gasteiger partial charge in [-0.25, -0.2) is 0 Å². The van der Waals surface area contributed by atoms with E-state index in [1.165, 1.54) is 31.2 Å². The second kappa shape index (κ2) is 6.81. The Morgan fingerprint density at radius 2 is 2.00 bits per heavy atom. The van der Waals surface area contributed by atoms with Gasteiger partial charge in [-0.1, -0.05) is 47.4 Å². The molecule has 0 spiro atoms. The van der Waals surface area contributed by atoms with Crippen molar-refractivity contribution in [3.63, 3.8) is 0 Å². The van der Waals surface area contributed by atoms with E-state index in [0.29, 0.717) is 0 Å². The number of halogens is 2. The van der Waals surface area contributed by atoms with E-state index < -0.39 is 0 Å². The van der Waals surface area contributed by atoms with E-state index in [4.69, 9.17) is 17.3 Å². The van der Waals surface area contributed by atoms with E-state index in [2.05, 4.69) is 41.9 Å². The fourth-order valence-corrected chi connectivity index (χ4v) is 4.18. The molecule has 0 aliphatic heterocycles. The zero-order chi connectivity index (χ0) is 14.8. The Bertz CT molecular complexity index is 450. The van der Waals surface area contributed by atoms with Gasteiger partial charge in [-0.2, -0.15) is 0 Å². The van der Waals surface area contributed by atoms with Gasteiger partial charge in [0.2, 0.25) is 0 Å². The summed E-state index contributed by atoms with van der Waals surface area (Å²) in [5.41, 5.74) is 7.63. The number of hydrogen-bond acceptors (Lipinski definition) is 1. The third-order valence-corrected chi connectivity index (χ3v) is 5.89. The Morgan fingerprint density at radius 3 is 2.50 bits per heavy atom. The molecule has 1 fully saturated rings.